The number of nitrogens with zero attached hydrogens (tertiary/aromatic N) is 1. The standard InChI is InChI=1S/C19H21N3O4S2/c1-12(2)17(22-28(24,25)14-7-5-4-6-8-14)18(23)21-19-20-15-10-9-13(26-3)11-16(15)27-19/h4-12,17,22H,1-3H3,(H,20,21,23). The first-order valence-electron chi connectivity index (χ1n) is 8.63. The predicted molar refractivity (Wildman–Crippen MR) is 110 cm³/mol. The topological polar surface area (TPSA) is 97.4 Å². The highest BCUT2D eigenvalue weighted by Crippen LogP contribution is 2.29. The Morgan fingerprint density at radius 2 is 1.86 bits per heavy atom. The van der Waals surface area contributed by atoms with Crippen molar-refractivity contribution in [2.75, 3.05) is 12.4 Å². The number of rotatable bonds is 7. The molecule has 0 saturated heterocycles. The van der Waals surface area contributed by atoms with Gasteiger partial charge < -0.3 is 10.1 Å². The van der Waals surface area contributed by atoms with E-state index in [9.17, 15) is 13.2 Å². The summed E-state index contributed by atoms with van der Waals surface area (Å²) in [5, 5.41) is 3.13. The van der Waals surface area contributed by atoms with Crippen molar-refractivity contribution in [2.45, 2.75) is 24.8 Å². The number of sulfonamides is 1. The number of thiazole rings is 1. The Morgan fingerprint density at radius 1 is 1.14 bits per heavy atom. The Kier molecular flexibility index (Phi) is 5.97. The molecular formula is C19H21N3O4S2. The molecule has 1 amide bonds. The highest BCUT2D eigenvalue weighted by molar-refractivity contribution is 7.89. The molecule has 2 aromatic carbocycles. The van der Waals surface area contributed by atoms with Crippen molar-refractivity contribution in [3.8, 4) is 5.75 Å². The first kappa shape index (κ1) is 20.2. The Morgan fingerprint density at radius 3 is 2.50 bits per heavy atom. The molecule has 9 heteroatoms. The lowest BCUT2D eigenvalue weighted by Crippen LogP contribution is -2.46. The largest absolute Gasteiger partial charge is 0.497 e. The summed E-state index contributed by atoms with van der Waals surface area (Å²) in [6, 6.07) is 12.5. The van der Waals surface area contributed by atoms with Crippen molar-refractivity contribution < 1.29 is 17.9 Å². The molecular weight excluding hydrogens is 398 g/mol. The van der Waals surface area contributed by atoms with Gasteiger partial charge in [-0.15, -0.1) is 0 Å². The molecule has 0 radical (unpaired) electrons. The molecule has 7 nitrogen and oxygen atoms in total. The lowest BCUT2D eigenvalue weighted by atomic mass is 10.1. The Hall–Kier alpha value is -2.49. The number of benzene rings is 2. The van der Waals surface area contributed by atoms with Gasteiger partial charge in [0.15, 0.2) is 5.13 Å². The van der Waals surface area contributed by atoms with E-state index in [0.717, 1.165) is 10.2 Å². The maximum atomic E-state index is 12.8. The number of hydrogen-bond acceptors (Lipinski definition) is 6. The molecule has 0 aliphatic rings. The summed E-state index contributed by atoms with van der Waals surface area (Å²) in [7, 11) is -2.24. The van der Waals surface area contributed by atoms with E-state index in [0.29, 0.717) is 10.9 Å². The van der Waals surface area contributed by atoms with Crippen LogP contribution in [0.1, 0.15) is 13.8 Å². The second kappa shape index (κ2) is 8.26. The zero-order chi connectivity index (χ0) is 20.3. The van der Waals surface area contributed by atoms with Crippen molar-refractivity contribution in [3.63, 3.8) is 0 Å². The zero-order valence-corrected chi connectivity index (χ0v) is 17.3. The molecule has 1 unspecified atom stereocenters. The number of carbonyl (C=O) groups is 1. The maximum absolute atomic E-state index is 12.8. The van der Waals surface area contributed by atoms with Crippen LogP contribution in [0.5, 0.6) is 5.75 Å². The molecule has 0 aliphatic carbocycles. The number of anilines is 1. The number of fused-ring (bicyclic) bond motifs is 1. The predicted octanol–water partition coefficient (Wildman–Crippen LogP) is 3.25. The molecule has 1 heterocycles. The lowest BCUT2D eigenvalue weighted by Gasteiger charge is -2.21. The van der Waals surface area contributed by atoms with Crippen molar-refractivity contribution in [1.82, 2.24) is 9.71 Å². The number of methoxy groups -OCH3 is 1. The van der Waals surface area contributed by atoms with Gasteiger partial charge in [-0.2, -0.15) is 4.72 Å². The van der Waals surface area contributed by atoms with Gasteiger partial charge in [-0.3, -0.25) is 4.79 Å². The minimum absolute atomic E-state index is 0.112. The van der Waals surface area contributed by atoms with Crippen LogP contribution >= 0.6 is 11.3 Å². The highest BCUT2D eigenvalue weighted by atomic mass is 32.2. The van der Waals surface area contributed by atoms with Crippen LogP contribution in [-0.2, 0) is 14.8 Å². The van der Waals surface area contributed by atoms with Gasteiger partial charge in [-0.1, -0.05) is 43.4 Å². The van der Waals surface area contributed by atoms with E-state index < -0.39 is 22.0 Å². The van der Waals surface area contributed by atoms with Gasteiger partial charge in [0.25, 0.3) is 0 Å². The molecule has 3 aromatic rings. The van der Waals surface area contributed by atoms with Crippen LogP contribution in [0.25, 0.3) is 10.2 Å². The quantitative estimate of drug-likeness (QED) is 0.613. The minimum atomic E-state index is -3.82. The van der Waals surface area contributed by atoms with Crippen LogP contribution in [0.15, 0.2) is 53.4 Å². The van der Waals surface area contributed by atoms with Crippen molar-refractivity contribution in [1.29, 1.82) is 0 Å². The molecule has 1 atom stereocenters. The second-order valence-corrected chi connectivity index (χ2v) is 9.24. The van der Waals surface area contributed by atoms with Crippen molar-refractivity contribution >= 4 is 42.6 Å². The number of aromatic nitrogens is 1. The average molecular weight is 420 g/mol. The first-order valence-corrected chi connectivity index (χ1v) is 10.9. The van der Waals surface area contributed by atoms with Crippen LogP contribution in [0.2, 0.25) is 0 Å². The van der Waals surface area contributed by atoms with Crippen LogP contribution in [-0.4, -0.2) is 32.5 Å². The van der Waals surface area contributed by atoms with E-state index >= 15 is 0 Å². The van der Waals surface area contributed by atoms with Crippen molar-refractivity contribution in [3.05, 3.63) is 48.5 Å². The maximum Gasteiger partial charge on any atom is 0.244 e. The zero-order valence-electron chi connectivity index (χ0n) is 15.7. The molecule has 3 rings (SSSR count). The number of nitrogens with one attached hydrogen (secondary N) is 2. The SMILES string of the molecule is COc1ccc2nc(NC(=O)C(NS(=O)(=O)c3ccccc3)C(C)C)sc2c1. The third-order valence-corrected chi connectivity index (χ3v) is 6.50. The summed E-state index contributed by atoms with van der Waals surface area (Å²) in [5.74, 6) is -0.0156. The third-order valence-electron chi connectivity index (χ3n) is 4.11. The fourth-order valence-electron chi connectivity index (χ4n) is 2.60. The van der Waals surface area contributed by atoms with E-state index in [1.165, 1.54) is 23.5 Å². The smallest absolute Gasteiger partial charge is 0.244 e. The number of ether oxygens (including phenoxy) is 1. The number of hydrogen-bond donors (Lipinski definition) is 2. The van der Waals surface area contributed by atoms with Gasteiger partial charge in [0.05, 0.1) is 22.2 Å². The van der Waals surface area contributed by atoms with Crippen molar-refractivity contribution in [2.24, 2.45) is 5.92 Å². The van der Waals surface area contributed by atoms with E-state index in [1.807, 2.05) is 6.07 Å². The van der Waals surface area contributed by atoms with Gasteiger partial charge in [-0.05, 0) is 36.2 Å². The summed E-state index contributed by atoms with van der Waals surface area (Å²) >= 11 is 1.30. The second-order valence-electron chi connectivity index (χ2n) is 6.50. The fraction of sp³-hybridized carbons (Fsp3) is 0.263. The van der Waals surface area contributed by atoms with E-state index in [2.05, 4.69) is 15.0 Å². The van der Waals surface area contributed by atoms with Gasteiger partial charge in [-0.25, -0.2) is 13.4 Å². The monoisotopic (exact) mass is 419 g/mol. The van der Waals surface area contributed by atoms with Crippen LogP contribution < -0.4 is 14.8 Å². The van der Waals surface area contributed by atoms with Crippen LogP contribution in [0.3, 0.4) is 0 Å². The van der Waals surface area contributed by atoms with E-state index in [-0.39, 0.29) is 10.8 Å². The normalized spacial score (nSPS) is 12.9. The number of carbonyl (C=O) groups excluding carboxylic acids is 1. The lowest BCUT2D eigenvalue weighted by molar-refractivity contribution is -0.118. The summed E-state index contributed by atoms with van der Waals surface area (Å²) < 4.78 is 33.7. The Bertz CT molecular complexity index is 1080. The summed E-state index contributed by atoms with van der Waals surface area (Å²) in [6.07, 6.45) is 0. The molecule has 148 valence electrons. The fourth-order valence-corrected chi connectivity index (χ4v) is 4.86. The van der Waals surface area contributed by atoms with E-state index in [1.54, 1.807) is 51.3 Å². The molecule has 0 saturated carbocycles. The molecule has 0 fully saturated rings. The molecule has 2 N–H and O–H groups in total. The molecule has 1 aromatic heterocycles. The molecule has 0 aliphatic heterocycles. The van der Waals surface area contributed by atoms with Gasteiger partial charge in [0.1, 0.15) is 11.8 Å². The average Bonchev–Trinajstić information content (AvgIpc) is 3.07. The molecule has 0 bridgehead atoms. The van der Waals surface area contributed by atoms with Gasteiger partial charge in [0.2, 0.25) is 15.9 Å². The highest BCUT2D eigenvalue weighted by Gasteiger charge is 2.29. The number of amides is 1. The summed E-state index contributed by atoms with van der Waals surface area (Å²) in [5.41, 5.74) is 0.729. The van der Waals surface area contributed by atoms with Crippen LogP contribution in [0, 0.1) is 5.92 Å². The van der Waals surface area contributed by atoms with Gasteiger partial charge in [0, 0.05) is 0 Å². The molecule has 0 spiro atoms. The Labute approximate surface area is 167 Å². The summed E-state index contributed by atoms with van der Waals surface area (Å²) in [6.45, 7) is 3.56. The third kappa shape index (κ3) is 4.49. The summed E-state index contributed by atoms with van der Waals surface area (Å²) in [4.78, 5) is 17.3. The van der Waals surface area contributed by atoms with Crippen LogP contribution in [0.4, 0.5) is 5.13 Å². The Balaban J connectivity index is 1.80. The van der Waals surface area contributed by atoms with Gasteiger partial charge >= 0.3 is 0 Å². The minimum Gasteiger partial charge on any atom is -0.497 e. The van der Waals surface area contributed by atoms with E-state index in [4.69, 9.17) is 4.74 Å². The molecule has 28 heavy (non-hydrogen) atoms. The first-order chi connectivity index (χ1) is 13.3.